The maximum absolute atomic E-state index is 4.80. The van der Waals surface area contributed by atoms with E-state index in [9.17, 15) is 0 Å². The first kappa shape index (κ1) is 25.1. The number of aryl methyl sites for hydroxylation is 1. The topological polar surface area (TPSA) is 25.8 Å². The molecule has 43 heavy (non-hydrogen) atoms. The zero-order chi connectivity index (χ0) is 28.8. The van der Waals surface area contributed by atoms with Crippen LogP contribution in [0.4, 0.5) is 0 Å². The van der Waals surface area contributed by atoms with Gasteiger partial charge in [-0.2, -0.15) is 0 Å². The molecule has 6 aromatic carbocycles. The minimum atomic E-state index is 0.928. The van der Waals surface area contributed by atoms with Crippen LogP contribution >= 0.6 is 0 Å². The second-order valence-electron chi connectivity index (χ2n) is 11.1. The summed E-state index contributed by atoms with van der Waals surface area (Å²) in [5.74, 6) is 0. The Morgan fingerprint density at radius 3 is 1.58 bits per heavy atom. The highest BCUT2D eigenvalue weighted by Gasteiger charge is 2.17. The molecule has 0 N–H and O–H groups in total. The van der Waals surface area contributed by atoms with Crippen molar-refractivity contribution in [3.05, 3.63) is 157 Å². The van der Waals surface area contributed by atoms with Crippen LogP contribution in [0.2, 0.25) is 0 Å². The van der Waals surface area contributed by atoms with Crippen molar-refractivity contribution in [1.82, 2.24) is 9.97 Å². The normalized spacial score (nSPS) is 11.4. The number of benzene rings is 6. The monoisotopic (exact) mass is 548 g/mol. The summed E-state index contributed by atoms with van der Waals surface area (Å²) < 4.78 is 0. The van der Waals surface area contributed by atoms with Crippen molar-refractivity contribution in [2.24, 2.45) is 0 Å². The number of aromatic nitrogens is 2. The molecule has 2 heteroatoms. The molecule has 0 amide bonds. The Morgan fingerprint density at radius 1 is 0.395 bits per heavy atom. The van der Waals surface area contributed by atoms with Crippen molar-refractivity contribution < 1.29 is 0 Å². The lowest BCUT2D eigenvalue weighted by atomic mass is 9.85. The average molecular weight is 549 g/mol. The summed E-state index contributed by atoms with van der Waals surface area (Å²) in [6.07, 6.45) is 3.72. The summed E-state index contributed by atoms with van der Waals surface area (Å²) in [6.45, 7) is 2.16. The predicted octanol–water partition coefficient (Wildman–Crippen LogP) is 10.9. The van der Waals surface area contributed by atoms with Crippen LogP contribution in [0.1, 0.15) is 5.56 Å². The van der Waals surface area contributed by atoms with Gasteiger partial charge in [0.2, 0.25) is 0 Å². The predicted molar refractivity (Wildman–Crippen MR) is 181 cm³/mol. The second-order valence-corrected chi connectivity index (χ2v) is 11.1. The van der Waals surface area contributed by atoms with E-state index in [-0.39, 0.29) is 0 Å². The van der Waals surface area contributed by atoms with Crippen molar-refractivity contribution >= 4 is 32.3 Å². The van der Waals surface area contributed by atoms with Gasteiger partial charge in [-0.1, -0.05) is 109 Å². The molecule has 0 spiro atoms. The molecule has 0 radical (unpaired) electrons. The smallest absolute Gasteiger partial charge is 0.0717 e. The van der Waals surface area contributed by atoms with E-state index in [0.29, 0.717) is 0 Å². The van der Waals surface area contributed by atoms with Crippen LogP contribution in [0.25, 0.3) is 77.1 Å². The van der Waals surface area contributed by atoms with Gasteiger partial charge >= 0.3 is 0 Å². The fraction of sp³-hybridized carbons (Fsp3) is 0.0244. The standard InChI is InChI=1S/C41H28N2/c1-27-9-8-10-30(23-27)40-34-11-2-4-13-36(34)41(37-14-5-3-12-35(37)40)31-19-17-28-16-18-29(24-33(28)25-31)39-21-20-32(26-43-39)38-15-6-7-22-42-38/h2-26H,1H3. The van der Waals surface area contributed by atoms with Crippen molar-refractivity contribution in [1.29, 1.82) is 0 Å². The van der Waals surface area contributed by atoms with E-state index in [2.05, 4.69) is 133 Å². The molecule has 8 rings (SSSR count). The van der Waals surface area contributed by atoms with Gasteiger partial charge in [0.05, 0.1) is 11.4 Å². The summed E-state index contributed by atoms with van der Waals surface area (Å²) in [6, 6.07) is 50.1. The molecule has 0 saturated carbocycles. The van der Waals surface area contributed by atoms with Crippen LogP contribution in [0.3, 0.4) is 0 Å². The van der Waals surface area contributed by atoms with Crippen LogP contribution in [-0.4, -0.2) is 9.97 Å². The van der Waals surface area contributed by atoms with Crippen molar-refractivity contribution in [2.75, 3.05) is 0 Å². The van der Waals surface area contributed by atoms with Gasteiger partial charge in [-0.3, -0.25) is 9.97 Å². The first-order chi connectivity index (χ1) is 21.2. The number of pyridine rings is 2. The van der Waals surface area contributed by atoms with E-state index in [4.69, 9.17) is 4.98 Å². The van der Waals surface area contributed by atoms with Crippen molar-refractivity contribution in [3.8, 4) is 44.8 Å². The summed E-state index contributed by atoms with van der Waals surface area (Å²) in [5.41, 5.74) is 10.3. The van der Waals surface area contributed by atoms with E-state index in [1.807, 2.05) is 30.6 Å². The molecule has 0 unspecified atom stereocenters. The molecule has 0 saturated heterocycles. The van der Waals surface area contributed by atoms with Gasteiger partial charge in [-0.15, -0.1) is 0 Å². The molecular formula is C41H28N2. The van der Waals surface area contributed by atoms with Gasteiger partial charge in [0.25, 0.3) is 0 Å². The Labute approximate surface area is 251 Å². The highest BCUT2D eigenvalue weighted by molar-refractivity contribution is 6.21. The maximum atomic E-state index is 4.80. The molecular weight excluding hydrogens is 520 g/mol. The van der Waals surface area contributed by atoms with Gasteiger partial charge in [0.1, 0.15) is 0 Å². The quantitative estimate of drug-likeness (QED) is 0.204. The Balaban J connectivity index is 1.30. The first-order valence-corrected chi connectivity index (χ1v) is 14.7. The zero-order valence-electron chi connectivity index (χ0n) is 23.8. The largest absolute Gasteiger partial charge is 0.256 e. The number of rotatable bonds is 4. The summed E-state index contributed by atoms with van der Waals surface area (Å²) in [5, 5.41) is 7.48. The maximum Gasteiger partial charge on any atom is 0.0717 e. The summed E-state index contributed by atoms with van der Waals surface area (Å²) in [7, 11) is 0. The van der Waals surface area contributed by atoms with Gasteiger partial charge in [0.15, 0.2) is 0 Å². The van der Waals surface area contributed by atoms with Gasteiger partial charge in [0, 0.05) is 23.5 Å². The molecule has 8 aromatic rings. The Bertz CT molecular complexity index is 2230. The molecule has 202 valence electrons. The Morgan fingerprint density at radius 2 is 0.977 bits per heavy atom. The zero-order valence-corrected chi connectivity index (χ0v) is 23.8. The number of hydrogen-bond acceptors (Lipinski definition) is 2. The molecule has 2 heterocycles. The first-order valence-electron chi connectivity index (χ1n) is 14.7. The third-order valence-corrected chi connectivity index (χ3v) is 8.39. The fourth-order valence-electron chi connectivity index (χ4n) is 6.36. The van der Waals surface area contributed by atoms with Crippen LogP contribution in [0.5, 0.6) is 0 Å². The van der Waals surface area contributed by atoms with E-state index < -0.39 is 0 Å². The van der Waals surface area contributed by atoms with Crippen molar-refractivity contribution in [3.63, 3.8) is 0 Å². The summed E-state index contributed by atoms with van der Waals surface area (Å²) in [4.78, 5) is 9.26. The Hall–Kier alpha value is -5.60. The average Bonchev–Trinajstić information content (AvgIpc) is 3.07. The van der Waals surface area contributed by atoms with E-state index in [1.165, 1.54) is 60.1 Å². The minimum Gasteiger partial charge on any atom is -0.256 e. The molecule has 0 fully saturated rings. The third-order valence-electron chi connectivity index (χ3n) is 8.39. The van der Waals surface area contributed by atoms with E-state index in [0.717, 1.165) is 22.5 Å². The fourth-order valence-corrected chi connectivity index (χ4v) is 6.36. The van der Waals surface area contributed by atoms with Gasteiger partial charge in [-0.05, 0) is 97.9 Å². The van der Waals surface area contributed by atoms with Crippen molar-refractivity contribution in [2.45, 2.75) is 6.92 Å². The molecule has 0 aliphatic heterocycles. The van der Waals surface area contributed by atoms with Crippen LogP contribution in [0.15, 0.2) is 152 Å². The minimum absolute atomic E-state index is 0.928. The molecule has 0 aliphatic rings. The second kappa shape index (κ2) is 10.3. The Kier molecular flexibility index (Phi) is 6.05. The molecule has 2 nitrogen and oxygen atoms in total. The summed E-state index contributed by atoms with van der Waals surface area (Å²) >= 11 is 0. The van der Waals surface area contributed by atoms with Gasteiger partial charge < -0.3 is 0 Å². The number of hydrogen-bond donors (Lipinski definition) is 0. The van der Waals surface area contributed by atoms with E-state index >= 15 is 0 Å². The number of fused-ring (bicyclic) bond motifs is 3. The molecule has 2 aromatic heterocycles. The molecule has 0 bridgehead atoms. The highest BCUT2D eigenvalue weighted by atomic mass is 14.7. The highest BCUT2D eigenvalue weighted by Crippen LogP contribution is 2.44. The molecule has 0 aliphatic carbocycles. The van der Waals surface area contributed by atoms with E-state index in [1.54, 1.807) is 0 Å². The van der Waals surface area contributed by atoms with Crippen LogP contribution in [0, 0.1) is 6.92 Å². The molecule has 0 atom stereocenters. The van der Waals surface area contributed by atoms with Crippen LogP contribution < -0.4 is 0 Å². The third kappa shape index (κ3) is 4.45. The van der Waals surface area contributed by atoms with Crippen LogP contribution in [-0.2, 0) is 0 Å². The SMILES string of the molecule is Cc1cccc(-c2c3ccccc3c(-c3ccc4ccc(-c5ccc(-c6ccccn6)cn5)cc4c3)c3ccccc23)c1. The lowest BCUT2D eigenvalue weighted by Crippen LogP contribution is -1.91. The van der Waals surface area contributed by atoms with Gasteiger partial charge in [-0.25, -0.2) is 0 Å². The lowest BCUT2D eigenvalue weighted by molar-refractivity contribution is 1.28. The lowest BCUT2D eigenvalue weighted by Gasteiger charge is -2.18. The number of nitrogens with zero attached hydrogens (tertiary/aromatic N) is 2.